The minimum absolute atomic E-state index is 0.556. The maximum atomic E-state index is 10.8. The number of fused-ring (bicyclic) bond motifs is 1. The molecule has 34 heavy (non-hydrogen) atoms. The van der Waals surface area contributed by atoms with E-state index in [0.29, 0.717) is 6.33 Å². The fourth-order valence-electron chi connectivity index (χ4n) is 3.24. The number of hydrogen-bond donors (Lipinski definition) is 1. The van der Waals surface area contributed by atoms with E-state index in [0.717, 1.165) is 23.7 Å². The Balaban J connectivity index is 0.000000596. The highest BCUT2D eigenvalue weighted by Gasteiger charge is 2.12. The zero-order chi connectivity index (χ0) is 25.8. The number of furan rings is 1. The van der Waals surface area contributed by atoms with E-state index < -0.39 is 0 Å². The van der Waals surface area contributed by atoms with Gasteiger partial charge in [-0.25, -0.2) is 4.39 Å². The molecule has 1 aromatic heterocycles. The van der Waals surface area contributed by atoms with Crippen LogP contribution in [0.25, 0.3) is 16.5 Å². The van der Waals surface area contributed by atoms with Gasteiger partial charge in [0, 0.05) is 24.2 Å². The van der Waals surface area contributed by atoms with Crippen LogP contribution in [0.15, 0.2) is 59.8 Å². The number of hydrogen-bond acceptors (Lipinski definition) is 3. The highest BCUT2D eigenvalue weighted by molar-refractivity contribution is 5.85. The topological polar surface area (TPSA) is 28.4 Å². The SMILES string of the molecule is C/C=C(\C)c1cc2cc(N3CCCCC3)ccc2o1.C=CC.CC.CC/C=C/F.CC1CNC1. The summed E-state index contributed by atoms with van der Waals surface area (Å²) in [7, 11) is 0. The molecule has 4 heteroatoms. The second-order valence-electron chi connectivity index (χ2n) is 8.29. The fraction of sp³-hybridized carbons (Fsp3) is 0.533. The van der Waals surface area contributed by atoms with Crippen molar-refractivity contribution in [1.82, 2.24) is 5.32 Å². The first-order valence-corrected chi connectivity index (χ1v) is 12.9. The van der Waals surface area contributed by atoms with Gasteiger partial charge in [0.2, 0.25) is 0 Å². The molecule has 0 unspecified atom stereocenters. The van der Waals surface area contributed by atoms with Gasteiger partial charge in [-0.15, -0.1) is 6.58 Å². The predicted octanol–water partition coefficient (Wildman–Crippen LogP) is 9.17. The maximum absolute atomic E-state index is 10.8. The number of nitrogens with zero attached hydrogens (tertiary/aromatic N) is 1. The van der Waals surface area contributed by atoms with Crippen molar-refractivity contribution in [1.29, 1.82) is 0 Å². The van der Waals surface area contributed by atoms with Gasteiger partial charge in [0.05, 0.1) is 6.33 Å². The molecule has 2 saturated heterocycles. The summed E-state index contributed by atoms with van der Waals surface area (Å²) in [6.07, 6.45) is 10.6. The Morgan fingerprint density at radius 2 is 1.74 bits per heavy atom. The van der Waals surface area contributed by atoms with E-state index in [4.69, 9.17) is 4.42 Å². The smallest absolute Gasteiger partial charge is 0.134 e. The highest BCUT2D eigenvalue weighted by Crippen LogP contribution is 2.29. The number of halogens is 1. The lowest BCUT2D eigenvalue weighted by atomic mass is 10.1. The summed E-state index contributed by atoms with van der Waals surface area (Å²) in [5.74, 6) is 1.93. The third-order valence-electron chi connectivity index (χ3n) is 5.35. The lowest BCUT2D eigenvalue weighted by Crippen LogP contribution is -2.39. The number of piperidine rings is 1. The molecule has 0 saturated carbocycles. The monoisotopic (exact) mass is 472 g/mol. The van der Waals surface area contributed by atoms with E-state index in [1.807, 2.05) is 34.6 Å². The van der Waals surface area contributed by atoms with Crippen molar-refractivity contribution in [3.63, 3.8) is 0 Å². The molecular weight excluding hydrogens is 423 g/mol. The number of allylic oxidation sites excluding steroid dienone is 4. The molecule has 1 N–H and O–H groups in total. The van der Waals surface area contributed by atoms with Crippen LogP contribution in [-0.2, 0) is 0 Å². The van der Waals surface area contributed by atoms with E-state index >= 15 is 0 Å². The standard InChI is InChI=1S/C17H21NO.C4H7F.C4H9N.C3H6.C2H6/c1-3-13(2)17-12-14-11-15(7-8-16(14)19-17)18-9-5-4-6-10-18;1-2-3-4-5;1-4-2-5-3-4;1-3-2;1-2/h3,7-8,11-12H,4-6,9-10H2,1-2H3;3-4H,2H2,1H3;4-5H,2-3H2,1H3;3H,1H2,2H3;1-2H3/b13-3+;4-3+;;;. The lowest BCUT2D eigenvalue weighted by Gasteiger charge is -2.28. The Labute approximate surface area is 208 Å². The highest BCUT2D eigenvalue weighted by atomic mass is 19.1. The Kier molecular flexibility index (Phi) is 18.7. The first-order chi connectivity index (χ1) is 16.5. The molecule has 0 spiro atoms. The molecule has 4 rings (SSSR count). The Morgan fingerprint density at radius 3 is 2.15 bits per heavy atom. The van der Waals surface area contributed by atoms with Crippen LogP contribution in [0.4, 0.5) is 10.1 Å². The van der Waals surface area contributed by atoms with E-state index in [-0.39, 0.29) is 0 Å². The lowest BCUT2D eigenvalue weighted by molar-refractivity contribution is 0.379. The van der Waals surface area contributed by atoms with Crippen molar-refractivity contribution < 1.29 is 8.81 Å². The quantitative estimate of drug-likeness (QED) is 0.451. The zero-order valence-corrected chi connectivity index (χ0v) is 22.8. The average molecular weight is 473 g/mol. The molecular formula is C30H49FN2O. The summed E-state index contributed by atoms with van der Waals surface area (Å²) < 4.78 is 16.7. The molecule has 2 aliphatic rings. The van der Waals surface area contributed by atoms with Crippen LogP contribution in [0.5, 0.6) is 0 Å². The van der Waals surface area contributed by atoms with Gasteiger partial charge in [0.15, 0.2) is 0 Å². The molecule has 0 amide bonds. The molecule has 3 nitrogen and oxygen atoms in total. The van der Waals surface area contributed by atoms with Crippen molar-refractivity contribution in [2.75, 3.05) is 31.1 Å². The Morgan fingerprint density at radius 1 is 1.15 bits per heavy atom. The molecule has 192 valence electrons. The summed E-state index contributed by atoms with van der Waals surface area (Å²) in [5, 5.41) is 4.37. The third kappa shape index (κ3) is 12.2. The molecule has 0 aliphatic carbocycles. The van der Waals surface area contributed by atoms with Crippen molar-refractivity contribution in [3.05, 3.63) is 61.2 Å². The molecule has 2 aromatic rings. The summed E-state index contributed by atoms with van der Waals surface area (Å²) >= 11 is 0. The van der Waals surface area contributed by atoms with Gasteiger partial charge in [-0.05, 0) is 95.3 Å². The van der Waals surface area contributed by atoms with Gasteiger partial charge < -0.3 is 14.6 Å². The summed E-state index contributed by atoms with van der Waals surface area (Å²) in [6, 6.07) is 8.70. The van der Waals surface area contributed by atoms with E-state index in [1.165, 1.54) is 68.2 Å². The first kappa shape index (κ1) is 31.7. The van der Waals surface area contributed by atoms with Gasteiger partial charge in [-0.3, -0.25) is 0 Å². The molecule has 0 atom stereocenters. The predicted molar refractivity (Wildman–Crippen MR) is 151 cm³/mol. The van der Waals surface area contributed by atoms with Gasteiger partial charge >= 0.3 is 0 Å². The summed E-state index contributed by atoms with van der Waals surface area (Å²) in [4.78, 5) is 2.48. The average Bonchev–Trinajstić information content (AvgIpc) is 3.29. The molecule has 0 bridgehead atoms. The molecule has 0 radical (unpaired) electrons. The first-order valence-electron chi connectivity index (χ1n) is 12.9. The number of anilines is 1. The maximum Gasteiger partial charge on any atom is 0.134 e. The zero-order valence-electron chi connectivity index (χ0n) is 22.8. The van der Waals surface area contributed by atoms with E-state index in [2.05, 4.69) is 61.0 Å². The molecule has 2 fully saturated rings. The minimum atomic E-state index is 0.556. The number of rotatable bonds is 3. The van der Waals surface area contributed by atoms with Gasteiger partial charge in [0.25, 0.3) is 0 Å². The number of benzene rings is 1. The van der Waals surface area contributed by atoms with Crippen LogP contribution in [0.2, 0.25) is 0 Å². The van der Waals surface area contributed by atoms with Crippen LogP contribution in [0.3, 0.4) is 0 Å². The Bertz CT molecular complexity index is 827. The second-order valence-corrected chi connectivity index (χ2v) is 8.29. The summed E-state index contributed by atoms with van der Waals surface area (Å²) in [6.45, 7) is 22.4. The van der Waals surface area contributed by atoms with Crippen molar-refractivity contribution in [2.24, 2.45) is 5.92 Å². The largest absolute Gasteiger partial charge is 0.456 e. The van der Waals surface area contributed by atoms with E-state index in [1.54, 1.807) is 6.08 Å². The van der Waals surface area contributed by atoms with Crippen LogP contribution < -0.4 is 10.2 Å². The van der Waals surface area contributed by atoms with Crippen molar-refractivity contribution >= 4 is 22.2 Å². The molecule has 2 aliphatic heterocycles. The fourth-order valence-corrected chi connectivity index (χ4v) is 3.24. The van der Waals surface area contributed by atoms with Gasteiger partial charge in [0.1, 0.15) is 11.3 Å². The van der Waals surface area contributed by atoms with Crippen molar-refractivity contribution in [2.45, 2.75) is 74.1 Å². The van der Waals surface area contributed by atoms with Crippen LogP contribution in [-0.4, -0.2) is 26.2 Å². The van der Waals surface area contributed by atoms with Crippen LogP contribution >= 0.6 is 0 Å². The second kappa shape index (κ2) is 20.1. The third-order valence-corrected chi connectivity index (χ3v) is 5.35. The molecule has 1 aromatic carbocycles. The number of nitrogens with one attached hydrogen (secondary N) is 1. The Hall–Kier alpha value is -2.33. The van der Waals surface area contributed by atoms with Crippen LogP contribution in [0.1, 0.15) is 79.9 Å². The van der Waals surface area contributed by atoms with Gasteiger partial charge in [-0.1, -0.05) is 45.9 Å². The van der Waals surface area contributed by atoms with Crippen LogP contribution in [0, 0.1) is 5.92 Å². The minimum Gasteiger partial charge on any atom is -0.456 e. The van der Waals surface area contributed by atoms with Crippen molar-refractivity contribution in [3.8, 4) is 0 Å². The van der Waals surface area contributed by atoms with Gasteiger partial charge in [-0.2, -0.15) is 0 Å². The molecule has 3 heterocycles. The van der Waals surface area contributed by atoms with E-state index in [9.17, 15) is 4.39 Å². The normalized spacial score (nSPS) is 15.4. The summed E-state index contributed by atoms with van der Waals surface area (Å²) in [5.41, 5.74) is 3.50.